The molecule has 0 amide bonds. The Labute approximate surface area is 107 Å². The molecule has 2 rings (SSSR count). The molecule has 0 aliphatic carbocycles. The summed E-state index contributed by atoms with van der Waals surface area (Å²) in [6, 6.07) is 7.10. The van der Waals surface area contributed by atoms with E-state index >= 15 is 0 Å². The van der Waals surface area contributed by atoms with Crippen LogP contribution in [0.3, 0.4) is 0 Å². The number of aldehydes is 1. The lowest BCUT2D eigenvalue weighted by molar-refractivity contribution is -0.142. The molecular weight excluding hydrogens is 230 g/mol. The Morgan fingerprint density at radius 1 is 1.33 bits per heavy atom. The second-order valence-corrected chi connectivity index (χ2v) is 4.44. The molecule has 0 saturated carbocycles. The minimum absolute atomic E-state index is 0.186. The third kappa shape index (κ3) is 2.53. The number of esters is 1. The van der Waals surface area contributed by atoms with E-state index in [9.17, 15) is 9.59 Å². The van der Waals surface area contributed by atoms with Gasteiger partial charge in [0.25, 0.3) is 0 Å². The molecule has 0 bridgehead atoms. The Morgan fingerprint density at radius 3 is 2.67 bits per heavy atom. The second kappa shape index (κ2) is 5.67. The first-order valence-corrected chi connectivity index (χ1v) is 6.16. The molecular formula is C14H17NO3. The second-order valence-electron chi connectivity index (χ2n) is 4.44. The van der Waals surface area contributed by atoms with Gasteiger partial charge >= 0.3 is 5.97 Å². The maximum Gasteiger partial charge on any atom is 0.328 e. The van der Waals surface area contributed by atoms with Gasteiger partial charge < -0.3 is 9.64 Å². The number of methoxy groups -OCH3 is 1. The number of ether oxygens (including phenoxy) is 1. The Morgan fingerprint density at radius 2 is 2.06 bits per heavy atom. The fourth-order valence-electron chi connectivity index (χ4n) is 2.37. The van der Waals surface area contributed by atoms with Crippen LogP contribution in [-0.4, -0.2) is 32.0 Å². The van der Waals surface area contributed by atoms with Gasteiger partial charge in [-0.25, -0.2) is 4.79 Å². The van der Waals surface area contributed by atoms with Crippen LogP contribution in [0.1, 0.15) is 29.6 Å². The highest BCUT2D eigenvalue weighted by molar-refractivity contribution is 5.81. The molecule has 1 aliphatic rings. The molecule has 1 saturated heterocycles. The monoisotopic (exact) mass is 247 g/mol. The summed E-state index contributed by atoms with van der Waals surface area (Å²) in [6.07, 6.45) is 3.76. The Balaban J connectivity index is 2.21. The van der Waals surface area contributed by atoms with Gasteiger partial charge in [-0.3, -0.25) is 4.79 Å². The van der Waals surface area contributed by atoms with Crippen molar-refractivity contribution in [2.45, 2.75) is 25.3 Å². The van der Waals surface area contributed by atoms with E-state index in [-0.39, 0.29) is 12.0 Å². The normalized spacial score (nSPS) is 19.4. The summed E-state index contributed by atoms with van der Waals surface area (Å²) in [5, 5.41) is 0. The number of nitrogens with zero attached hydrogens (tertiary/aromatic N) is 1. The van der Waals surface area contributed by atoms with Gasteiger partial charge in [-0.05, 0) is 43.5 Å². The highest BCUT2D eigenvalue weighted by atomic mass is 16.5. The first-order valence-electron chi connectivity index (χ1n) is 6.16. The van der Waals surface area contributed by atoms with Gasteiger partial charge in [0.2, 0.25) is 0 Å². The summed E-state index contributed by atoms with van der Waals surface area (Å²) in [5.74, 6) is -0.186. The molecule has 1 aromatic carbocycles. The van der Waals surface area contributed by atoms with Gasteiger partial charge in [0.15, 0.2) is 0 Å². The first kappa shape index (κ1) is 12.6. The van der Waals surface area contributed by atoms with Crippen LogP contribution in [0.5, 0.6) is 0 Å². The van der Waals surface area contributed by atoms with Crippen LogP contribution >= 0.6 is 0 Å². The lowest BCUT2D eigenvalue weighted by atomic mass is 10.0. The highest BCUT2D eigenvalue weighted by Crippen LogP contribution is 2.25. The minimum Gasteiger partial charge on any atom is -0.467 e. The van der Waals surface area contributed by atoms with Gasteiger partial charge in [0.05, 0.1) is 7.11 Å². The SMILES string of the molecule is COC(=O)C1CCCCN1c1ccc(C=O)cc1. The fourth-order valence-corrected chi connectivity index (χ4v) is 2.37. The van der Waals surface area contributed by atoms with Gasteiger partial charge in [0, 0.05) is 17.8 Å². The average molecular weight is 247 g/mol. The zero-order valence-corrected chi connectivity index (χ0v) is 10.5. The molecule has 4 heteroatoms. The molecule has 0 N–H and O–H groups in total. The smallest absolute Gasteiger partial charge is 0.328 e. The summed E-state index contributed by atoms with van der Waals surface area (Å²) in [6.45, 7) is 0.847. The van der Waals surface area contributed by atoms with Crippen molar-refractivity contribution in [3.8, 4) is 0 Å². The van der Waals surface area contributed by atoms with Crippen LogP contribution in [0.25, 0.3) is 0 Å². The van der Waals surface area contributed by atoms with Gasteiger partial charge in [-0.15, -0.1) is 0 Å². The topological polar surface area (TPSA) is 46.6 Å². The number of benzene rings is 1. The first-order chi connectivity index (χ1) is 8.76. The van der Waals surface area contributed by atoms with Crippen molar-refractivity contribution in [2.24, 2.45) is 0 Å². The molecule has 0 spiro atoms. The van der Waals surface area contributed by atoms with Crippen LogP contribution in [0.2, 0.25) is 0 Å². The maximum atomic E-state index is 11.8. The molecule has 1 aromatic rings. The molecule has 0 aromatic heterocycles. The molecule has 1 unspecified atom stereocenters. The molecule has 96 valence electrons. The number of piperidine rings is 1. The van der Waals surface area contributed by atoms with E-state index in [0.717, 1.165) is 37.8 Å². The lowest BCUT2D eigenvalue weighted by Gasteiger charge is -2.35. The fraction of sp³-hybridized carbons (Fsp3) is 0.429. The zero-order chi connectivity index (χ0) is 13.0. The van der Waals surface area contributed by atoms with Crippen LogP contribution in [0.15, 0.2) is 24.3 Å². The summed E-state index contributed by atoms with van der Waals surface area (Å²) in [7, 11) is 1.42. The third-order valence-electron chi connectivity index (χ3n) is 3.34. The summed E-state index contributed by atoms with van der Waals surface area (Å²) >= 11 is 0. The number of hydrogen-bond acceptors (Lipinski definition) is 4. The molecule has 1 aliphatic heterocycles. The van der Waals surface area contributed by atoms with Gasteiger partial charge in [0.1, 0.15) is 12.3 Å². The third-order valence-corrected chi connectivity index (χ3v) is 3.34. The van der Waals surface area contributed by atoms with Crippen molar-refractivity contribution >= 4 is 17.9 Å². The average Bonchev–Trinajstić information content (AvgIpc) is 2.46. The van der Waals surface area contributed by atoms with E-state index in [1.54, 1.807) is 12.1 Å². The van der Waals surface area contributed by atoms with E-state index in [4.69, 9.17) is 4.74 Å². The predicted octanol–water partition coefficient (Wildman–Crippen LogP) is 2.03. The summed E-state index contributed by atoms with van der Waals surface area (Å²) in [4.78, 5) is 24.4. The van der Waals surface area contributed by atoms with Crippen molar-refractivity contribution in [2.75, 3.05) is 18.6 Å². The number of carbonyl (C=O) groups excluding carboxylic acids is 2. The number of carbonyl (C=O) groups is 2. The molecule has 0 radical (unpaired) electrons. The molecule has 1 fully saturated rings. The zero-order valence-electron chi connectivity index (χ0n) is 10.5. The van der Waals surface area contributed by atoms with Crippen molar-refractivity contribution in [1.82, 2.24) is 0 Å². The quantitative estimate of drug-likeness (QED) is 0.605. The molecule has 1 atom stereocenters. The number of rotatable bonds is 3. The molecule has 18 heavy (non-hydrogen) atoms. The van der Waals surface area contributed by atoms with Crippen LogP contribution in [0, 0.1) is 0 Å². The van der Waals surface area contributed by atoms with Crippen LogP contribution < -0.4 is 4.90 Å². The largest absolute Gasteiger partial charge is 0.467 e. The van der Waals surface area contributed by atoms with E-state index < -0.39 is 0 Å². The minimum atomic E-state index is -0.203. The Kier molecular flexibility index (Phi) is 3.97. The van der Waals surface area contributed by atoms with E-state index in [0.29, 0.717) is 5.56 Å². The van der Waals surface area contributed by atoms with E-state index in [1.807, 2.05) is 12.1 Å². The van der Waals surface area contributed by atoms with Crippen molar-refractivity contribution in [3.05, 3.63) is 29.8 Å². The predicted molar refractivity (Wildman–Crippen MR) is 68.8 cm³/mol. The highest BCUT2D eigenvalue weighted by Gasteiger charge is 2.29. The van der Waals surface area contributed by atoms with Crippen LogP contribution in [0.4, 0.5) is 5.69 Å². The van der Waals surface area contributed by atoms with Crippen LogP contribution in [-0.2, 0) is 9.53 Å². The molecule has 4 nitrogen and oxygen atoms in total. The maximum absolute atomic E-state index is 11.8. The summed E-state index contributed by atoms with van der Waals surface area (Å²) < 4.78 is 4.85. The van der Waals surface area contributed by atoms with Crippen molar-refractivity contribution < 1.29 is 14.3 Å². The van der Waals surface area contributed by atoms with Gasteiger partial charge in [-0.1, -0.05) is 0 Å². The van der Waals surface area contributed by atoms with E-state index in [1.165, 1.54) is 7.11 Å². The Bertz CT molecular complexity index is 427. The molecule has 1 heterocycles. The standard InChI is InChI=1S/C14H17NO3/c1-18-14(17)13-4-2-3-9-15(13)12-7-5-11(10-16)6-8-12/h5-8,10,13H,2-4,9H2,1H3. The van der Waals surface area contributed by atoms with Crippen molar-refractivity contribution in [1.29, 1.82) is 0 Å². The van der Waals surface area contributed by atoms with Gasteiger partial charge in [-0.2, -0.15) is 0 Å². The lowest BCUT2D eigenvalue weighted by Crippen LogP contribution is -2.45. The number of anilines is 1. The summed E-state index contributed by atoms with van der Waals surface area (Å²) in [5.41, 5.74) is 1.61. The van der Waals surface area contributed by atoms with Crippen molar-refractivity contribution in [3.63, 3.8) is 0 Å². The van der Waals surface area contributed by atoms with E-state index in [2.05, 4.69) is 4.90 Å². The number of hydrogen-bond donors (Lipinski definition) is 0. The Hall–Kier alpha value is -1.84.